The Morgan fingerprint density at radius 3 is 1.68 bits per heavy atom. The number of unbranched alkanes of at least 4 members (excludes halogenated alkanes) is 21. The molecule has 326 valence electrons. The van der Waals surface area contributed by atoms with Gasteiger partial charge in [-0.3, -0.25) is 4.79 Å². The summed E-state index contributed by atoms with van der Waals surface area (Å²) in [5.74, 6) is -0.203. The molecular weight excluding hydrogens is 707 g/mol. The van der Waals surface area contributed by atoms with Gasteiger partial charge in [-0.15, -0.1) is 0 Å². The molecule has 0 aromatic carbocycles. The molecule has 1 aliphatic rings. The maximum atomic E-state index is 12.9. The lowest BCUT2D eigenvalue weighted by molar-refractivity contribution is -0.302. The van der Waals surface area contributed by atoms with Crippen LogP contribution in [0.3, 0.4) is 0 Å². The number of carbonyl (C=O) groups is 1. The number of rotatable bonds is 37. The zero-order chi connectivity index (χ0) is 40.9. The lowest BCUT2D eigenvalue weighted by atomic mass is 9.99. The van der Waals surface area contributed by atoms with E-state index in [0.717, 1.165) is 70.6 Å². The van der Waals surface area contributed by atoms with Crippen LogP contribution in [0.5, 0.6) is 0 Å². The SMILES string of the molecule is CCC/C=C\C/C=C\CCCCCCCC(=O)NC(COC1OC(CO)C(O)C(O)C1O)C(O)/C=C/CC/C=C/CCCCCCCCCCCCCCCC. The van der Waals surface area contributed by atoms with Gasteiger partial charge in [0.05, 0.1) is 25.4 Å². The summed E-state index contributed by atoms with van der Waals surface area (Å²) in [5, 5.41) is 54.1. The van der Waals surface area contributed by atoms with E-state index in [1.54, 1.807) is 6.08 Å². The lowest BCUT2D eigenvalue weighted by Crippen LogP contribution is -2.60. The second kappa shape index (κ2) is 37.4. The third-order valence-corrected chi connectivity index (χ3v) is 10.6. The molecule has 7 atom stereocenters. The van der Waals surface area contributed by atoms with Crippen molar-refractivity contribution in [1.82, 2.24) is 5.32 Å². The molecule has 1 fully saturated rings. The van der Waals surface area contributed by atoms with Gasteiger partial charge in [-0.1, -0.05) is 172 Å². The molecule has 1 amide bonds. The zero-order valence-electron chi connectivity index (χ0n) is 35.6. The first-order chi connectivity index (χ1) is 27.3. The first-order valence-corrected chi connectivity index (χ1v) is 22.9. The van der Waals surface area contributed by atoms with E-state index in [4.69, 9.17) is 9.47 Å². The predicted molar refractivity (Wildman–Crippen MR) is 230 cm³/mol. The molecule has 9 nitrogen and oxygen atoms in total. The van der Waals surface area contributed by atoms with Gasteiger partial charge in [0, 0.05) is 6.42 Å². The highest BCUT2D eigenvalue weighted by molar-refractivity contribution is 5.76. The van der Waals surface area contributed by atoms with Gasteiger partial charge in [0.25, 0.3) is 0 Å². The fourth-order valence-electron chi connectivity index (χ4n) is 6.91. The summed E-state index contributed by atoms with van der Waals surface area (Å²) < 4.78 is 11.2. The average Bonchev–Trinajstić information content (AvgIpc) is 3.20. The van der Waals surface area contributed by atoms with E-state index in [9.17, 15) is 30.3 Å². The van der Waals surface area contributed by atoms with Crippen molar-refractivity contribution in [2.45, 2.75) is 230 Å². The highest BCUT2D eigenvalue weighted by Crippen LogP contribution is 2.22. The van der Waals surface area contributed by atoms with Crippen molar-refractivity contribution in [3.63, 3.8) is 0 Å². The number of nitrogens with one attached hydrogen (secondary N) is 1. The third kappa shape index (κ3) is 27.7. The minimum atomic E-state index is -1.57. The van der Waals surface area contributed by atoms with Crippen LogP contribution >= 0.6 is 0 Å². The molecule has 1 aliphatic heterocycles. The Morgan fingerprint density at radius 1 is 0.607 bits per heavy atom. The van der Waals surface area contributed by atoms with Crippen LogP contribution in [0.4, 0.5) is 0 Å². The van der Waals surface area contributed by atoms with Crippen molar-refractivity contribution in [2.75, 3.05) is 13.2 Å². The van der Waals surface area contributed by atoms with Crippen LogP contribution in [0.2, 0.25) is 0 Å². The summed E-state index contributed by atoms with van der Waals surface area (Å²) in [4.78, 5) is 12.9. The van der Waals surface area contributed by atoms with Crippen LogP contribution in [0.25, 0.3) is 0 Å². The second-order valence-electron chi connectivity index (χ2n) is 15.8. The molecule has 0 bridgehead atoms. The van der Waals surface area contributed by atoms with Gasteiger partial charge < -0.3 is 40.3 Å². The van der Waals surface area contributed by atoms with Gasteiger partial charge in [-0.2, -0.15) is 0 Å². The van der Waals surface area contributed by atoms with Gasteiger partial charge in [0.1, 0.15) is 24.4 Å². The number of hydrogen-bond acceptors (Lipinski definition) is 8. The summed E-state index contributed by atoms with van der Waals surface area (Å²) in [5.41, 5.74) is 0. The Morgan fingerprint density at radius 2 is 1.11 bits per heavy atom. The molecule has 6 N–H and O–H groups in total. The quantitative estimate of drug-likeness (QED) is 0.0269. The van der Waals surface area contributed by atoms with Crippen LogP contribution in [0.15, 0.2) is 48.6 Å². The van der Waals surface area contributed by atoms with E-state index in [1.807, 2.05) is 6.08 Å². The van der Waals surface area contributed by atoms with Crippen LogP contribution in [0.1, 0.15) is 187 Å². The van der Waals surface area contributed by atoms with Crippen molar-refractivity contribution in [3.05, 3.63) is 48.6 Å². The van der Waals surface area contributed by atoms with Crippen molar-refractivity contribution >= 4 is 5.91 Å². The van der Waals surface area contributed by atoms with Gasteiger partial charge in [-0.25, -0.2) is 0 Å². The van der Waals surface area contributed by atoms with Gasteiger partial charge in [0.15, 0.2) is 6.29 Å². The Hall–Kier alpha value is -1.85. The molecule has 1 rings (SSSR count). The highest BCUT2D eigenvalue weighted by atomic mass is 16.7. The fraction of sp³-hybridized carbons (Fsp3) is 0.809. The molecule has 56 heavy (non-hydrogen) atoms. The molecule has 0 aromatic heterocycles. The third-order valence-electron chi connectivity index (χ3n) is 10.6. The minimum Gasteiger partial charge on any atom is -0.394 e. The van der Waals surface area contributed by atoms with Crippen molar-refractivity contribution in [2.24, 2.45) is 0 Å². The van der Waals surface area contributed by atoms with Gasteiger partial charge in [-0.05, 0) is 57.8 Å². The molecular formula is C47H85NO8. The van der Waals surface area contributed by atoms with E-state index in [1.165, 1.54) is 96.3 Å². The standard InChI is InChI=1S/C47H85NO8/c1-3-5-7-9-11-13-15-17-18-19-20-21-22-23-25-26-28-30-32-34-36-41(50)40(39-55-47-46(54)45(53)44(52)42(38-49)56-47)48-43(51)37-35-33-31-29-27-24-16-14-12-10-8-6-4-2/h8,10,14,16,26,28,34,36,40-42,44-47,49-50,52-54H,3-7,9,11-13,15,17-25,27,29-33,35,37-39H2,1-2H3,(H,48,51)/b10-8-,16-14-,28-26+,36-34+. The van der Waals surface area contributed by atoms with Gasteiger partial charge >= 0.3 is 0 Å². The van der Waals surface area contributed by atoms with Crippen molar-refractivity contribution in [3.8, 4) is 0 Å². The topological polar surface area (TPSA) is 149 Å². The van der Waals surface area contributed by atoms with Crippen molar-refractivity contribution < 1.29 is 39.8 Å². The molecule has 0 saturated carbocycles. The van der Waals surface area contributed by atoms with Crippen LogP contribution in [0, 0.1) is 0 Å². The number of ether oxygens (including phenoxy) is 2. The largest absolute Gasteiger partial charge is 0.394 e. The molecule has 1 heterocycles. The molecule has 1 saturated heterocycles. The molecule has 0 aliphatic carbocycles. The predicted octanol–water partition coefficient (Wildman–Crippen LogP) is 9.45. The molecule has 0 aromatic rings. The number of aliphatic hydroxyl groups excluding tert-OH is 5. The van der Waals surface area contributed by atoms with E-state index in [-0.39, 0.29) is 12.5 Å². The number of hydrogen-bond donors (Lipinski definition) is 6. The van der Waals surface area contributed by atoms with Crippen LogP contribution in [-0.2, 0) is 14.3 Å². The van der Waals surface area contributed by atoms with Crippen molar-refractivity contribution in [1.29, 1.82) is 0 Å². The van der Waals surface area contributed by atoms with Crippen LogP contribution in [-0.4, -0.2) is 87.5 Å². The molecule has 0 spiro atoms. The summed E-state index contributed by atoms with van der Waals surface area (Å²) in [6, 6.07) is -0.828. The first-order valence-electron chi connectivity index (χ1n) is 22.9. The Bertz CT molecular complexity index is 1010. The average molecular weight is 792 g/mol. The zero-order valence-corrected chi connectivity index (χ0v) is 35.6. The second-order valence-corrected chi connectivity index (χ2v) is 15.8. The summed E-state index contributed by atoms with van der Waals surface area (Å²) in [7, 11) is 0. The summed E-state index contributed by atoms with van der Waals surface area (Å²) >= 11 is 0. The summed E-state index contributed by atoms with van der Waals surface area (Å²) in [6.07, 6.45) is 40.2. The maximum absolute atomic E-state index is 12.9. The Balaban J connectivity index is 2.38. The van der Waals surface area contributed by atoms with Gasteiger partial charge in [0.2, 0.25) is 5.91 Å². The summed E-state index contributed by atoms with van der Waals surface area (Å²) in [6.45, 7) is 3.67. The van der Waals surface area contributed by atoms with E-state index < -0.39 is 49.5 Å². The molecule has 9 heteroatoms. The Labute approximate surface area is 342 Å². The molecule has 0 radical (unpaired) electrons. The minimum absolute atomic E-state index is 0.203. The lowest BCUT2D eigenvalue weighted by Gasteiger charge is -2.40. The molecule has 7 unspecified atom stereocenters. The fourth-order valence-corrected chi connectivity index (χ4v) is 6.91. The van der Waals surface area contributed by atoms with E-state index >= 15 is 0 Å². The number of allylic oxidation sites excluding steroid dienone is 7. The first kappa shape index (κ1) is 52.2. The van der Waals surface area contributed by atoms with Crippen LogP contribution < -0.4 is 5.32 Å². The monoisotopic (exact) mass is 792 g/mol. The van der Waals surface area contributed by atoms with E-state index in [2.05, 4.69) is 55.6 Å². The maximum Gasteiger partial charge on any atom is 0.220 e. The number of aliphatic hydroxyl groups is 5. The number of amides is 1. The normalized spacial score (nSPS) is 21.6. The highest BCUT2D eigenvalue weighted by Gasteiger charge is 2.44. The van der Waals surface area contributed by atoms with E-state index in [0.29, 0.717) is 6.42 Å². The number of carbonyl (C=O) groups excluding carboxylic acids is 1. The Kier molecular flexibility index (Phi) is 34.9. The smallest absolute Gasteiger partial charge is 0.220 e.